The lowest BCUT2D eigenvalue weighted by Crippen LogP contribution is -2.32. The number of hydrogen-bond acceptors (Lipinski definition) is 6. The van der Waals surface area contributed by atoms with Crippen LogP contribution in [0.1, 0.15) is 62.5 Å². The molecule has 0 saturated heterocycles. The lowest BCUT2D eigenvalue weighted by atomic mass is 9.69. The van der Waals surface area contributed by atoms with Crippen LogP contribution in [-0.4, -0.2) is 41.4 Å². The third-order valence-electron chi connectivity index (χ3n) is 6.44. The first-order valence-electron chi connectivity index (χ1n) is 11.2. The number of benzene rings is 1. The van der Waals surface area contributed by atoms with E-state index in [0.29, 0.717) is 5.95 Å². The maximum absolute atomic E-state index is 10.1. The molecule has 0 atom stereocenters. The molecule has 0 aliphatic heterocycles. The minimum atomic E-state index is -0.346. The van der Waals surface area contributed by atoms with Crippen LogP contribution in [-0.2, 0) is 5.41 Å². The number of nitrogens with one attached hydrogen (secondary N) is 1. The van der Waals surface area contributed by atoms with Crippen molar-refractivity contribution in [1.29, 1.82) is 0 Å². The van der Waals surface area contributed by atoms with Crippen molar-refractivity contribution < 1.29 is 14.6 Å². The van der Waals surface area contributed by atoms with Crippen LogP contribution >= 0.6 is 0 Å². The van der Waals surface area contributed by atoms with Gasteiger partial charge in [0.05, 0.1) is 30.3 Å². The quantitative estimate of drug-likeness (QED) is 0.709. The molecule has 2 aliphatic carbocycles. The van der Waals surface area contributed by atoms with Gasteiger partial charge in [-0.05, 0) is 69.1 Å². The summed E-state index contributed by atoms with van der Waals surface area (Å²) in [6.07, 6.45) is 11.1. The van der Waals surface area contributed by atoms with E-state index in [-0.39, 0.29) is 17.6 Å². The van der Waals surface area contributed by atoms with Gasteiger partial charge >= 0.3 is 0 Å². The number of hydrogen-bond donors (Lipinski definition) is 2. The second kappa shape index (κ2) is 9.57. The van der Waals surface area contributed by atoms with Gasteiger partial charge in [0, 0.05) is 19.4 Å². The molecule has 0 radical (unpaired) electrons. The van der Waals surface area contributed by atoms with Crippen LogP contribution in [0.15, 0.2) is 30.6 Å². The summed E-state index contributed by atoms with van der Waals surface area (Å²) < 4.78 is 11.9. The molecular weight excluding hydrogens is 390 g/mol. The first kappa shape index (κ1) is 21.5. The van der Waals surface area contributed by atoms with Gasteiger partial charge in [-0.15, -0.1) is 0 Å². The molecule has 2 saturated carbocycles. The van der Waals surface area contributed by atoms with Gasteiger partial charge in [-0.1, -0.05) is 17.9 Å². The van der Waals surface area contributed by atoms with E-state index >= 15 is 0 Å². The summed E-state index contributed by atoms with van der Waals surface area (Å²) in [5.41, 5.74) is 1.55. The molecule has 2 fully saturated rings. The molecule has 2 aromatic rings. The Bertz CT molecular complexity index is 935. The zero-order valence-corrected chi connectivity index (χ0v) is 18.4. The number of nitrogens with zero attached hydrogens (tertiary/aromatic N) is 2. The van der Waals surface area contributed by atoms with E-state index in [2.05, 4.69) is 39.3 Å². The highest BCUT2D eigenvalue weighted by Gasteiger charge is 2.36. The van der Waals surface area contributed by atoms with E-state index < -0.39 is 0 Å². The van der Waals surface area contributed by atoms with E-state index in [1.807, 2.05) is 6.07 Å². The molecular formula is C25H31N3O3. The van der Waals surface area contributed by atoms with Crippen LogP contribution in [0.5, 0.6) is 11.5 Å². The van der Waals surface area contributed by atoms with Gasteiger partial charge < -0.3 is 19.9 Å². The molecule has 0 bridgehead atoms. The van der Waals surface area contributed by atoms with Gasteiger partial charge in [0.2, 0.25) is 5.95 Å². The first-order chi connectivity index (χ1) is 15.1. The number of aliphatic hydroxyl groups excluding tert-OH is 1. The average molecular weight is 422 g/mol. The standard InChI is InChI=1S/C25H31N3O3/c1-26-24-27-16-18(17-28-24)9-12-25(13-10-20(29)11-14-25)19-7-8-22(30-2)23(15-19)31-21-5-3-4-6-21/h7-8,15-17,20-21,29H,3-6,10-11,13-14H2,1-2H3,(H,26,27,28)/t20-,25-. The molecule has 0 spiro atoms. The fraction of sp³-hybridized carbons (Fsp3) is 0.520. The number of anilines is 1. The zero-order valence-electron chi connectivity index (χ0n) is 18.4. The summed E-state index contributed by atoms with van der Waals surface area (Å²) in [4.78, 5) is 8.52. The van der Waals surface area contributed by atoms with Gasteiger partial charge in [-0.2, -0.15) is 0 Å². The highest BCUT2D eigenvalue weighted by molar-refractivity contribution is 5.49. The molecule has 0 amide bonds. The summed E-state index contributed by atoms with van der Waals surface area (Å²) in [7, 11) is 3.47. The van der Waals surface area contributed by atoms with Crippen LogP contribution in [0.25, 0.3) is 0 Å². The van der Waals surface area contributed by atoms with Crippen LogP contribution in [0.2, 0.25) is 0 Å². The third-order valence-corrected chi connectivity index (χ3v) is 6.44. The van der Waals surface area contributed by atoms with E-state index in [1.54, 1.807) is 26.6 Å². The second-order valence-corrected chi connectivity index (χ2v) is 8.50. The molecule has 1 aromatic carbocycles. The summed E-state index contributed by atoms with van der Waals surface area (Å²) >= 11 is 0. The van der Waals surface area contributed by atoms with Crippen molar-refractivity contribution in [2.24, 2.45) is 0 Å². The van der Waals surface area contributed by atoms with Crippen molar-refractivity contribution in [2.45, 2.75) is 69.0 Å². The molecule has 31 heavy (non-hydrogen) atoms. The first-order valence-corrected chi connectivity index (χ1v) is 11.2. The molecule has 0 unspecified atom stereocenters. The van der Waals surface area contributed by atoms with Crippen molar-refractivity contribution in [1.82, 2.24) is 9.97 Å². The minimum Gasteiger partial charge on any atom is -0.493 e. The Morgan fingerprint density at radius 3 is 2.42 bits per heavy atom. The topological polar surface area (TPSA) is 76.5 Å². The summed E-state index contributed by atoms with van der Waals surface area (Å²) in [6.45, 7) is 0. The van der Waals surface area contributed by atoms with Crippen LogP contribution in [0.4, 0.5) is 5.95 Å². The Hall–Kier alpha value is -2.78. The molecule has 6 heteroatoms. The predicted molar refractivity (Wildman–Crippen MR) is 120 cm³/mol. The van der Waals surface area contributed by atoms with Crippen molar-refractivity contribution >= 4 is 5.95 Å². The molecule has 1 heterocycles. The monoisotopic (exact) mass is 421 g/mol. The van der Waals surface area contributed by atoms with Crippen molar-refractivity contribution in [3.05, 3.63) is 41.7 Å². The Morgan fingerprint density at radius 1 is 1.06 bits per heavy atom. The maximum Gasteiger partial charge on any atom is 0.222 e. The normalized spacial score (nSPS) is 23.6. The van der Waals surface area contributed by atoms with Crippen LogP contribution in [0, 0.1) is 11.8 Å². The van der Waals surface area contributed by atoms with E-state index in [1.165, 1.54) is 12.8 Å². The summed E-state index contributed by atoms with van der Waals surface area (Å²) in [6, 6.07) is 6.18. The van der Waals surface area contributed by atoms with Gasteiger partial charge in [-0.3, -0.25) is 0 Å². The van der Waals surface area contributed by atoms with Gasteiger partial charge in [0.25, 0.3) is 0 Å². The van der Waals surface area contributed by atoms with E-state index in [9.17, 15) is 5.11 Å². The number of ether oxygens (including phenoxy) is 2. The molecule has 2 N–H and O–H groups in total. The van der Waals surface area contributed by atoms with Crippen LogP contribution < -0.4 is 14.8 Å². The highest BCUT2D eigenvalue weighted by Crippen LogP contribution is 2.43. The maximum atomic E-state index is 10.1. The Morgan fingerprint density at radius 2 is 1.77 bits per heavy atom. The third kappa shape index (κ3) is 4.94. The fourth-order valence-electron chi connectivity index (χ4n) is 4.55. The number of methoxy groups -OCH3 is 1. The van der Waals surface area contributed by atoms with Crippen molar-refractivity contribution in [2.75, 3.05) is 19.5 Å². The summed E-state index contributed by atoms with van der Waals surface area (Å²) in [5, 5.41) is 13.1. The number of aliphatic hydroxyl groups is 1. The Kier molecular flexibility index (Phi) is 6.62. The largest absolute Gasteiger partial charge is 0.493 e. The zero-order chi connectivity index (χ0) is 21.7. The van der Waals surface area contributed by atoms with E-state index in [4.69, 9.17) is 9.47 Å². The molecule has 1 aromatic heterocycles. The smallest absolute Gasteiger partial charge is 0.222 e. The number of rotatable bonds is 5. The van der Waals surface area contributed by atoms with Crippen LogP contribution in [0.3, 0.4) is 0 Å². The Balaban J connectivity index is 1.68. The fourth-order valence-corrected chi connectivity index (χ4v) is 4.55. The minimum absolute atomic E-state index is 0.252. The summed E-state index contributed by atoms with van der Waals surface area (Å²) in [5.74, 6) is 8.93. The van der Waals surface area contributed by atoms with Gasteiger partial charge in [0.15, 0.2) is 11.5 Å². The van der Waals surface area contributed by atoms with Crippen molar-refractivity contribution in [3.63, 3.8) is 0 Å². The molecule has 4 rings (SSSR count). The molecule has 2 aliphatic rings. The lowest BCUT2D eigenvalue weighted by Gasteiger charge is -2.35. The average Bonchev–Trinajstić information content (AvgIpc) is 3.32. The number of aromatic nitrogens is 2. The predicted octanol–water partition coefficient (Wildman–Crippen LogP) is 4.07. The molecule has 6 nitrogen and oxygen atoms in total. The Labute approximate surface area is 184 Å². The van der Waals surface area contributed by atoms with Crippen molar-refractivity contribution in [3.8, 4) is 23.3 Å². The van der Waals surface area contributed by atoms with Gasteiger partial charge in [0.1, 0.15) is 0 Å². The molecule has 164 valence electrons. The lowest BCUT2D eigenvalue weighted by molar-refractivity contribution is 0.110. The highest BCUT2D eigenvalue weighted by atomic mass is 16.5. The van der Waals surface area contributed by atoms with E-state index in [0.717, 1.165) is 61.2 Å². The second-order valence-electron chi connectivity index (χ2n) is 8.50. The SMILES string of the molecule is CNc1ncc(C#C[C@]2(c3ccc(OC)c(OC4CCCC4)c3)CC[C@H](O)CC2)cn1. The van der Waals surface area contributed by atoms with Gasteiger partial charge in [-0.25, -0.2) is 9.97 Å².